The SMILES string of the molecule is Cc1nn(C)c2ncc(C(=O)O)c(C)c12. The molecular weight excluding hydrogens is 194 g/mol. The molecule has 78 valence electrons. The number of carboxylic acids is 1. The summed E-state index contributed by atoms with van der Waals surface area (Å²) in [5.41, 5.74) is 2.48. The van der Waals surface area contributed by atoms with Crippen molar-refractivity contribution in [2.24, 2.45) is 7.05 Å². The van der Waals surface area contributed by atoms with Crippen LogP contribution in [0.4, 0.5) is 0 Å². The Morgan fingerprint density at radius 3 is 2.73 bits per heavy atom. The molecule has 0 aliphatic rings. The van der Waals surface area contributed by atoms with Gasteiger partial charge in [-0.05, 0) is 19.4 Å². The number of aromatic nitrogens is 3. The van der Waals surface area contributed by atoms with Crippen LogP contribution in [0.15, 0.2) is 6.20 Å². The monoisotopic (exact) mass is 205 g/mol. The van der Waals surface area contributed by atoms with Gasteiger partial charge in [0, 0.05) is 18.6 Å². The van der Waals surface area contributed by atoms with Gasteiger partial charge in [-0.1, -0.05) is 0 Å². The Hall–Kier alpha value is -1.91. The number of hydrogen-bond donors (Lipinski definition) is 1. The topological polar surface area (TPSA) is 68.0 Å². The summed E-state index contributed by atoms with van der Waals surface area (Å²) in [5.74, 6) is -0.954. The summed E-state index contributed by atoms with van der Waals surface area (Å²) in [5, 5.41) is 14.0. The molecule has 0 saturated heterocycles. The molecule has 0 saturated carbocycles. The normalized spacial score (nSPS) is 10.9. The van der Waals surface area contributed by atoms with Crippen molar-refractivity contribution < 1.29 is 9.90 Å². The van der Waals surface area contributed by atoms with Gasteiger partial charge in [-0.15, -0.1) is 0 Å². The van der Waals surface area contributed by atoms with Crippen molar-refractivity contribution in [3.05, 3.63) is 23.0 Å². The number of fused-ring (bicyclic) bond motifs is 1. The smallest absolute Gasteiger partial charge is 0.337 e. The molecule has 2 heterocycles. The van der Waals surface area contributed by atoms with Crippen molar-refractivity contribution in [1.82, 2.24) is 14.8 Å². The van der Waals surface area contributed by atoms with E-state index >= 15 is 0 Å². The first-order valence-corrected chi connectivity index (χ1v) is 4.54. The molecule has 0 aliphatic heterocycles. The lowest BCUT2D eigenvalue weighted by Gasteiger charge is -2.01. The minimum absolute atomic E-state index is 0.235. The van der Waals surface area contributed by atoms with Crippen molar-refractivity contribution in [3.8, 4) is 0 Å². The number of carbonyl (C=O) groups is 1. The van der Waals surface area contributed by atoms with Gasteiger partial charge in [0.25, 0.3) is 0 Å². The maximum absolute atomic E-state index is 10.9. The van der Waals surface area contributed by atoms with Crippen LogP contribution in [-0.2, 0) is 7.05 Å². The lowest BCUT2D eigenvalue weighted by molar-refractivity contribution is 0.0696. The van der Waals surface area contributed by atoms with Crippen molar-refractivity contribution in [1.29, 1.82) is 0 Å². The highest BCUT2D eigenvalue weighted by Crippen LogP contribution is 2.22. The summed E-state index contributed by atoms with van der Waals surface area (Å²) in [4.78, 5) is 15.0. The summed E-state index contributed by atoms with van der Waals surface area (Å²) in [6.07, 6.45) is 1.38. The highest BCUT2D eigenvalue weighted by Gasteiger charge is 2.15. The summed E-state index contributed by atoms with van der Waals surface area (Å²) in [6, 6.07) is 0. The van der Waals surface area contributed by atoms with Gasteiger partial charge in [-0.2, -0.15) is 5.10 Å². The second-order valence-electron chi connectivity index (χ2n) is 3.51. The number of aromatic carboxylic acids is 1. The van der Waals surface area contributed by atoms with E-state index in [9.17, 15) is 4.79 Å². The van der Waals surface area contributed by atoms with E-state index in [0.717, 1.165) is 22.3 Å². The molecule has 0 bridgehead atoms. The molecule has 0 fully saturated rings. The first-order valence-electron chi connectivity index (χ1n) is 4.54. The standard InChI is InChI=1S/C10H11N3O2/c1-5-7(10(14)15)4-11-9-8(5)6(2)12-13(9)3/h4H,1-3H3,(H,14,15). The second kappa shape index (κ2) is 3.05. The van der Waals surface area contributed by atoms with Crippen molar-refractivity contribution in [2.75, 3.05) is 0 Å². The lowest BCUT2D eigenvalue weighted by atomic mass is 10.1. The van der Waals surface area contributed by atoms with Gasteiger partial charge in [0.2, 0.25) is 0 Å². The number of hydrogen-bond acceptors (Lipinski definition) is 3. The molecule has 2 aromatic heterocycles. The van der Waals surface area contributed by atoms with E-state index < -0.39 is 5.97 Å². The third-order valence-electron chi connectivity index (χ3n) is 2.52. The van der Waals surface area contributed by atoms with Crippen LogP contribution < -0.4 is 0 Å². The molecule has 0 radical (unpaired) electrons. The quantitative estimate of drug-likeness (QED) is 0.761. The first-order chi connectivity index (χ1) is 7.02. The second-order valence-corrected chi connectivity index (χ2v) is 3.51. The van der Waals surface area contributed by atoms with Crippen LogP contribution in [-0.4, -0.2) is 25.8 Å². The Labute approximate surface area is 86.4 Å². The molecule has 0 spiro atoms. The van der Waals surface area contributed by atoms with Gasteiger partial charge in [-0.3, -0.25) is 4.68 Å². The fraction of sp³-hybridized carbons (Fsp3) is 0.300. The Bertz CT molecular complexity index is 557. The third kappa shape index (κ3) is 1.27. The molecule has 0 aliphatic carbocycles. The van der Waals surface area contributed by atoms with E-state index in [1.54, 1.807) is 18.7 Å². The fourth-order valence-corrected chi connectivity index (χ4v) is 1.81. The van der Waals surface area contributed by atoms with Gasteiger partial charge < -0.3 is 5.11 Å². The van der Waals surface area contributed by atoms with E-state index in [0.29, 0.717) is 0 Å². The Morgan fingerprint density at radius 2 is 2.13 bits per heavy atom. The summed E-state index contributed by atoms with van der Waals surface area (Å²) < 4.78 is 1.66. The van der Waals surface area contributed by atoms with Crippen molar-refractivity contribution >= 4 is 17.0 Å². The van der Waals surface area contributed by atoms with Crippen LogP contribution in [0.1, 0.15) is 21.6 Å². The van der Waals surface area contributed by atoms with Crippen LogP contribution in [0.25, 0.3) is 11.0 Å². The largest absolute Gasteiger partial charge is 0.478 e. The van der Waals surface area contributed by atoms with Gasteiger partial charge >= 0.3 is 5.97 Å². The zero-order valence-electron chi connectivity index (χ0n) is 8.77. The highest BCUT2D eigenvalue weighted by molar-refractivity contribution is 5.95. The fourth-order valence-electron chi connectivity index (χ4n) is 1.81. The van der Waals surface area contributed by atoms with E-state index in [2.05, 4.69) is 10.1 Å². The van der Waals surface area contributed by atoms with Crippen LogP contribution in [0.2, 0.25) is 0 Å². The van der Waals surface area contributed by atoms with Gasteiger partial charge in [0.05, 0.1) is 11.3 Å². The summed E-state index contributed by atoms with van der Waals surface area (Å²) >= 11 is 0. The van der Waals surface area contributed by atoms with E-state index in [1.807, 2.05) is 6.92 Å². The Morgan fingerprint density at radius 1 is 1.47 bits per heavy atom. The highest BCUT2D eigenvalue weighted by atomic mass is 16.4. The van der Waals surface area contributed by atoms with Crippen molar-refractivity contribution in [3.63, 3.8) is 0 Å². The number of carboxylic acid groups (broad SMARTS) is 1. The molecule has 0 unspecified atom stereocenters. The van der Waals surface area contributed by atoms with Crippen LogP contribution in [0, 0.1) is 13.8 Å². The first kappa shape index (κ1) is 9.64. The van der Waals surface area contributed by atoms with Crippen LogP contribution in [0.5, 0.6) is 0 Å². The van der Waals surface area contributed by atoms with E-state index in [-0.39, 0.29) is 5.56 Å². The van der Waals surface area contributed by atoms with E-state index in [1.165, 1.54) is 6.20 Å². The number of nitrogens with zero attached hydrogens (tertiary/aromatic N) is 3. The Kier molecular flexibility index (Phi) is 1.96. The van der Waals surface area contributed by atoms with Crippen molar-refractivity contribution in [2.45, 2.75) is 13.8 Å². The molecule has 0 amide bonds. The zero-order valence-corrected chi connectivity index (χ0v) is 8.77. The minimum Gasteiger partial charge on any atom is -0.478 e. The molecule has 2 aromatic rings. The minimum atomic E-state index is -0.954. The van der Waals surface area contributed by atoms with Gasteiger partial charge in [0.1, 0.15) is 0 Å². The average molecular weight is 205 g/mol. The predicted octanol–water partition coefficient (Wildman–Crippen LogP) is 1.28. The molecular formula is C10H11N3O2. The molecule has 5 nitrogen and oxygen atoms in total. The molecule has 1 N–H and O–H groups in total. The molecule has 0 atom stereocenters. The van der Waals surface area contributed by atoms with E-state index in [4.69, 9.17) is 5.11 Å². The third-order valence-corrected chi connectivity index (χ3v) is 2.52. The zero-order chi connectivity index (χ0) is 11.2. The predicted molar refractivity (Wildman–Crippen MR) is 54.9 cm³/mol. The maximum Gasteiger partial charge on any atom is 0.337 e. The molecule has 2 rings (SSSR count). The Balaban J connectivity index is 2.89. The summed E-state index contributed by atoms with van der Waals surface area (Å²) in [7, 11) is 1.79. The number of pyridine rings is 1. The molecule has 0 aromatic carbocycles. The van der Waals surface area contributed by atoms with Gasteiger partial charge in [-0.25, -0.2) is 9.78 Å². The average Bonchev–Trinajstić information content (AvgIpc) is 2.43. The maximum atomic E-state index is 10.9. The number of rotatable bonds is 1. The molecule has 15 heavy (non-hydrogen) atoms. The lowest BCUT2D eigenvalue weighted by Crippen LogP contribution is -2.02. The van der Waals surface area contributed by atoms with Crippen LogP contribution in [0.3, 0.4) is 0 Å². The van der Waals surface area contributed by atoms with Gasteiger partial charge in [0.15, 0.2) is 5.65 Å². The number of aryl methyl sites for hydroxylation is 3. The summed E-state index contributed by atoms with van der Waals surface area (Å²) in [6.45, 7) is 3.63. The van der Waals surface area contributed by atoms with Crippen LogP contribution >= 0.6 is 0 Å². The molecule has 5 heteroatoms.